The van der Waals surface area contributed by atoms with Crippen LogP contribution in [-0.4, -0.2) is 81.3 Å². The summed E-state index contributed by atoms with van der Waals surface area (Å²) < 4.78 is 37.7. The summed E-state index contributed by atoms with van der Waals surface area (Å²) in [4.78, 5) is 29.1. The number of hydrogen-bond donors (Lipinski definition) is 0. The normalized spacial score (nSPS) is 16.6. The van der Waals surface area contributed by atoms with Gasteiger partial charge in [0.15, 0.2) is 11.5 Å². The molecular formula is C25H29N3O6S. The van der Waals surface area contributed by atoms with Crippen LogP contribution in [0.2, 0.25) is 0 Å². The van der Waals surface area contributed by atoms with Crippen LogP contribution >= 0.6 is 0 Å². The molecule has 2 aromatic carbocycles. The Bertz CT molecular complexity index is 1220. The summed E-state index contributed by atoms with van der Waals surface area (Å²) >= 11 is 0. The summed E-state index contributed by atoms with van der Waals surface area (Å²) in [5, 5.41) is 0. The molecule has 9 nitrogen and oxygen atoms in total. The second-order valence-corrected chi connectivity index (χ2v) is 10.3. The Kier molecular flexibility index (Phi) is 7.42. The summed E-state index contributed by atoms with van der Waals surface area (Å²) in [7, 11) is -0.464. The van der Waals surface area contributed by atoms with E-state index in [4.69, 9.17) is 9.47 Å². The first-order chi connectivity index (χ1) is 16.8. The number of sulfonamides is 1. The summed E-state index contributed by atoms with van der Waals surface area (Å²) in [5.41, 5.74) is 1.69. The molecule has 0 aliphatic carbocycles. The Morgan fingerprint density at radius 1 is 0.971 bits per heavy atom. The van der Waals surface area contributed by atoms with E-state index in [2.05, 4.69) is 0 Å². The molecule has 2 aromatic rings. The quantitative estimate of drug-likeness (QED) is 0.578. The third-order valence-electron chi connectivity index (χ3n) is 6.28. The predicted octanol–water partition coefficient (Wildman–Crippen LogP) is 1.98. The van der Waals surface area contributed by atoms with Crippen molar-refractivity contribution in [2.45, 2.75) is 17.7 Å². The lowest BCUT2D eigenvalue weighted by Gasteiger charge is -2.34. The fraction of sp³-hybridized carbons (Fsp3) is 0.360. The van der Waals surface area contributed by atoms with E-state index >= 15 is 0 Å². The maximum Gasteiger partial charge on any atom is 0.243 e. The highest BCUT2D eigenvalue weighted by atomic mass is 32.2. The van der Waals surface area contributed by atoms with Gasteiger partial charge in [-0.05, 0) is 41.5 Å². The van der Waals surface area contributed by atoms with Crippen LogP contribution in [0.15, 0.2) is 53.6 Å². The van der Waals surface area contributed by atoms with E-state index in [0.29, 0.717) is 24.6 Å². The van der Waals surface area contributed by atoms with Crippen molar-refractivity contribution in [1.29, 1.82) is 0 Å². The topological polar surface area (TPSA) is 96.5 Å². The number of benzene rings is 2. The van der Waals surface area contributed by atoms with Gasteiger partial charge in [0, 0.05) is 45.3 Å². The van der Waals surface area contributed by atoms with Gasteiger partial charge in [-0.2, -0.15) is 4.31 Å². The van der Waals surface area contributed by atoms with Crippen molar-refractivity contribution in [2.75, 3.05) is 46.9 Å². The molecular weight excluding hydrogens is 470 g/mol. The third-order valence-corrected chi connectivity index (χ3v) is 8.19. The SMILES string of the molecule is COc1cc2c(cc1OC)CC(=O)N(CCC(=O)N1CCN(S(=O)(=O)c3ccccc3)CC1)C=C2. The second-order valence-electron chi connectivity index (χ2n) is 8.33. The highest BCUT2D eigenvalue weighted by Gasteiger charge is 2.30. The molecule has 1 saturated heterocycles. The molecule has 35 heavy (non-hydrogen) atoms. The third kappa shape index (κ3) is 5.33. The van der Waals surface area contributed by atoms with Gasteiger partial charge in [0.1, 0.15) is 0 Å². The first kappa shape index (κ1) is 24.7. The molecule has 10 heteroatoms. The van der Waals surface area contributed by atoms with Crippen LogP contribution < -0.4 is 9.47 Å². The first-order valence-corrected chi connectivity index (χ1v) is 12.8. The highest BCUT2D eigenvalue weighted by molar-refractivity contribution is 7.89. The maximum absolute atomic E-state index is 12.8. The Morgan fingerprint density at radius 3 is 2.29 bits per heavy atom. The molecule has 0 spiro atoms. The van der Waals surface area contributed by atoms with Crippen LogP contribution in [-0.2, 0) is 26.0 Å². The highest BCUT2D eigenvalue weighted by Crippen LogP contribution is 2.32. The molecule has 0 saturated carbocycles. The minimum absolute atomic E-state index is 0.104. The Morgan fingerprint density at radius 2 is 1.63 bits per heavy atom. The lowest BCUT2D eigenvalue weighted by atomic mass is 10.0. The fourth-order valence-corrected chi connectivity index (χ4v) is 5.70. The lowest BCUT2D eigenvalue weighted by Crippen LogP contribution is -2.50. The molecule has 4 rings (SSSR count). The molecule has 0 atom stereocenters. The number of fused-ring (bicyclic) bond motifs is 1. The molecule has 2 heterocycles. The number of ether oxygens (including phenoxy) is 2. The molecule has 2 amide bonds. The van der Waals surface area contributed by atoms with Gasteiger partial charge >= 0.3 is 0 Å². The Labute approximate surface area is 205 Å². The second kappa shape index (κ2) is 10.5. The number of carbonyl (C=O) groups is 2. The molecule has 0 unspecified atom stereocenters. The summed E-state index contributed by atoms with van der Waals surface area (Å²) in [5.74, 6) is 0.928. The van der Waals surface area contributed by atoms with Crippen molar-refractivity contribution in [3.63, 3.8) is 0 Å². The average Bonchev–Trinajstić information content (AvgIpc) is 3.04. The van der Waals surface area contributed by atoms with E-state index in [1.165, 1.54) is 4.31 Å². The molecule has 186 valence electrons. The van der Waals surface area contributed by atoms with E-state index in [0.717, 1.165) is 11.1 Å². The van der Waals surface area contributed by atoms with Gasteiger partial charge in [0.25, 0.3) is 0 Å². The molecule has 0 aromatic heterocycles. The van der Waals surface area contributed by atoms with Gasteiger partial charge in [-0.15, -0.1) is 0 Å². The molecule has 1 fully saturated rings. The molecule has 2 aliphatic rings. The van der Waals surface area contributed by atoms with Crippen LogP contribution in [0.25, 0.3) is 6.08 Å². The maximum atomic E-state index is 12.8. The summed E-state index contributed by atoms with van der Waals surface area (Å²) in [6.07, 6.45) is 3.87. The van der Waals surface area contributed by atoms with Gasteiger partial charge in [0.05, 0.1) is 25.5 Å². The van der Waals surface area contributed by atoms with Gasteiger partial charge in [-0.25, -0.2) is 8.42 Å². The van der Waals surface area contributed by atoms with E-state index in [1.54, 1.807) is 66.6 Å². The Balaban J connectivity index is 1.33. The minimum atomic E-state index is -3.57. The molecule has 2 aliphatic heterocycles. The van der Waals surface area contributed by atoms with Crippen molar-refractivity contribution in [2.24, 2.45) is 0 Å². The van der Waals surface area contributed by atoms with Crippen molar-refractivity contribution >= 4 is 27.9 Å². The van der Waals surface area contributed by atoms with E-state index < -0.39 is 10.0 Å². The van der Waals surface area contributed by atoms with Gasteiger partial charge in [-0.1, -0.05) is 18.2 Å². The van der Waals surface area contributed by atoms with Crippen LogP contribution in [0, 0.1) is 0 Å². The average molecular weight is 500 g/mol. The van der Waals surface area contributed by atoms with E-state index in [9.17, 15) is 18.0 Å². The van der Waals surface area contributed by atoms with Crippen LogP contribution in [0.1, 0.15) is 17.5 Å². The van der Waals surface area contributed by atoms with Crippen LogP contribution in [0.4, 0.5) is 0 Å². The van der Waals surface area contributed by atoms with Crippen molar-refractivity contribution in [3.8, 4) is 11.5 Å². The zero-order chi connectivity index (χ0) is 25.0. The molecule has 0 radical (unpaired) electrons. The smallest absolute Gasteiger partial charge is 0.243 e. The molecule has 0 N–H and O–H groups in total. The minimum Gasteiger partial charge on any atom is -0.493 e. The summed E-state index contributed by atoms with van der Waals surface area (Å²) in [6, 6.07) is 11.9. The number of nitrogens with zero attached hydrogens (tertiary/aromatic N) is 3. The number of piperazine rings is 1. The van der Waals surface area contributed by atoms with Crippen molar-refractivity contribution in [1.82, 2.24) is 14.1 Å². The van der Waals surface area contributed by atoms with Gasteiger partial charge in [-0.3, -0.25) is 9.59 Å². The van der Waals surface area contributed by atoms with Crippen molar-refractivity contribution in [3.05, 3.63) is 59.8 Å². The Hall–Kier alpha value is -3.37. The zero-order valence-electron chi connectivity index (χ0n) is 19.8. The number of carbonyl (C=O) groups excluding carboxylic acids is 2. The fourth-order valence-electron chi connectivity index (χ4n) is 4.26. The number of methoxy groups -OCH3 is 2. The first-order valence-electron chi connectivity index (χ1n) is 11.4. The number of hydrogen-bond acceptors (Lipinski definition) is 6. The molecule has 0 bridgehead atoms. The zero-order valence-corrected chi connectivity index (χ0v) is 20.7. The number of rotatable bonds is 7. The predicted molar refractivity (Wildman–Crippen MR) is 130 cm³/mol. The lowest BCUT2D eigenvalue weighted by molar-refractivity contribution is -0.133. The largest absolute Gasteiger partial charge is 0.493 e. The standard InChI is InChI=1S/C25H29N3O6S/c1-33-22-16-19-8-10-26(25(30)18-20(19)17-23(22)34-2)11-9-24(29)27-12-14-28(15-13-27)35(31,32)21-6-4-3-5-7-21/h3-8,10,16-17H,9,11-15,18H2,1-2H3. The monoisotopic (exact) mass is 499 g/mol. The van der Waals surface area contributed by atoms with Crippen LogP contribution in [0.5, 0.6) is 11.5 Å². The van der Waals surface area contributed by atoms with E-state index in [-0.39, 0.29) is 49.2 Å². The van der Waals surface area contributed by atoms with E-state index in [1.807, 2.05) is 12.1 Å². The number of amides is 2. The van der Waals surface area contributed by atoms with Gasteiger partial charge < -0.3 is 19.3 Å². The summed E-state index contributed by atoms with van der Waals surface area (Å²) in [6.45, 7) is 1.37. The van der Waals surface area contributed by atoms with Gasteiger partial charge in [0.2, 0.25) is 21.8 Å². The van der Waals surface area contributed by atoms with Crippen molar-refractivity contribution < 1.29 is 27.5 Å². The van der Waals surface area contributed by atoms with Crippen LogP contribution in [0.3, 0.4) is 0 Å².